The zero-order valence-corrected chi connectivity index (χ0v) is 10.3. The molecule has 0 unspecified atom stereocenters. The summed E-state index contributed by atoms with van der Waals surface area (Å²) in [6.45, 7) is 2.01. The van der Waals surface area contributed by atoms with E-state index in [-0.39, 0.29) is 5.78 Å². The molecule has 2 aromatic heterocycles. The van der Waals surface area contributed by atoms with E-state index >= 15 is 0 Å². The summed E-state index contributed by atoms with van der Waals surface area (Å²) in [4.78, 5) is 19.3. The van der Waals surface area contributed by atoms with Crippen LogP contribution in [0.2, 0.25) is 0 Å². The van der Waals surface area contributed by atoms with Crippen LogP contribution in [0, 0.1) is 6.92 Å². The number of nitrogens with zero attached hydrogens (tertiary/aromatic N) is 1. The second kappa shape index (κ2) is 4.04. The van der Waals surface area contributed by atoms with Crippen molar-refractivity contribution in [1.82, 2.24) is 9.97 Å². The number of thioether (sulfide) groups is 1. The Morgan fingerprint density at radius 3 is 2.76 bits per heavy atom. The molecule has 0 spiro atoms. The molecule has 2 aromatic rings. The molecule has 1 aliphatic rings. The van der Waals surface area contributed by atoms with E-state index in [0.717, 1.165) is 33.8 Å². The smallest absolute Gasteiger partial charge is 0.174 e. The van der Waals surface area contributed by atoms with E-state index in [1.807, 2.05) is 19.1 Å². The van der Waals surface area contributed by atoms with Crippen LogP contribution in [0.5, 0.6) is 0 Å². The number of hydrogen-bond acceptors (Lipinski definition) is 3. The molecular formula is C13H12N2OS. The minimum atomic E-state index is 0.241. The predicted octanol–water partition coefficient (Wildman–Crippen LogP) is 2.81. The quantitative estimate of drug-likeness (QED) is 0.839. The molecule has 86 valence electrons. The molecule has 0 saturated heterocycles. The van der Waals surface area contributed by atoms with Gasteiger partial charge in [0.25, 0.3) is 0 Å². The zero-order chi connectivity index (χ0) is 11.8. The minimum absolute atomic E-state index is 0.241. The third-order valence-electron chi connectivity index (χ3n) is 3.06. The maximum Gasteiger partial charge on any atom is 0.174 e. The lowest BCUT2D eigenvalue weighted by atomic mass is 10.0. The van der Waals surface area contributed by atoms with Crippen molar-refractivity contribution in [3.63, 3.8) is 0 Å². The summed E-state index contributed by atoms with van der Waals surface area (Å²) < 4.78 is 0. The molecule has 4 heteroatoms. The largest absolute Gasteiger partial charge is 0.357 e. The number of carbonyl (C=O) groups excluding carboxylic acids is 1. The molecule has 0 aromatic carbocycles. The van der Waals surface area contributed by atoms with E-state index in [9.17, 15) is 4.79 Å². The molecule has 0 fully saturated rings. The van der Waals surface area contributed by atoms with E-state index in [1.54, 1.807) is 24.2 Å². The number of aromatic amines is 1. The highest BCUT2D eigenvalue weighted by atomic mass is 32.2. The van der Waals surface area contributed by atoms with Gasteiger partial charge >= 0.3 is 0 Å². The molecule has 0 amide bonds. The summed E-state index contributed by atoms with van der Waals surface area (Å²) in [7, 11) is 0. The molecule has 3 nitrogen and oxygen atoms in total. The standard InChI is InChI=1S/C13H12N2OS/c1-8-12-10(6-17-7-11(12)16)15-13(8)9-2-4-14-5-3-9/h2-5,15H,6-7H2,1H3. The third kappa shape index (κ3) is 1.69. The van der Waals surface area contributed by atoms with Crippen LogP contribution in [0.3, 0.4) is 0 Å². The highest BCUT2D eigenvalue weighted by Crippen LogP contribution is 2.33. The van der Waals surface area contributed by atoms with Crippen molar-refractivity contribution in [2.45, 2.75) is 12.7 Å². The molecule has 3 heterocycles. The number of nitrogens with one attached hydrogen (secondary N) is 1. The van der Waals surface area contributed by atoms with Crippen molar-refractivity contribution >= 4 is 17.5 Å². The summed E-state index contributed by atoms with van der Waals surface area (Å²) in [5.41, 5.74) is 5.17. The first-order valence-corrected chi connectivity index (χ1v) is 6.65. The lowest BCUT2D eigenvalue weighted by Gasteiger charge is -2.09. The number of hydrogen-bond donors (Lipinski definition) is 1. The number of ketones is 1. The van der Waals surface area contributed by atoms with Crippen LogP contribution in [-0.2, 0) is 5.75 Å². The molecule has 1 aliphatic heterocycles. The van der Waals surface area contributed by atoms with Crippen molar-refractivity contribution in [1.29, 1.82) is 0 Å². The van der Waals surface area contributed by atoms with Crippen LogP contribution in [0.4, 0.5) is 0 Å². The molecular weight excluding hydrogens is 232 g/mol. The van der Waals surface area contributed by atoms with Crippen molar-refractivity contribution < 1.29 is 4.79 Å². The summed E-state index contributed by atoms with van der Waals surface area (Å²) in [6, 6.07) is 3.92. The monoisotopic (exact) mass is 244 g/mol. The van der Waals surface area contributed by atoms with Gasteiger partial charge in [0, 0.05) is 40.7 Å². The van der Waals surface area contributed by atoms with Gasteiger partial charge in [0.15, 0.2) is 5.78 Å². The summed E-state index contributed by atoms with van der Waals surface area (Å²) in [6.07, 6.45) is 3.54. The zero-order valence-electron chi connectivity index (χ0n) is 9.49. The lowest BCUT2D eigenvalue weighted by Crippen LogP contribution is -2.11. The van der Waals surface area contributed by atoms with Gasteiger partial charge in [-0.05, 0) is 24.6 Å². The highest BCUT2D eigenvalue weighted by Gasteiger charge is 2.24. The molecule has 17 heavy (non-hydrogen) atoms. The first kappa shape index (κ1) is 10.6. The fourth-order valence-corrected chi connectivity index (χ4v) is 3.12. The Bertz CT molecular complexity index is 575. The highest BCUT2D eigenvalue weighted by molar-refractivity contribution is 7.99. The Morgan fingerprint density at radius 2 is 2.06 bits per heavy atom. The van der Waals surface area contributed by atoms with Crippen molar-refractivity contribution in [3.8, 4) is 11.3 Å². The first-order valence-electron chi connectivity index (χ1n) is 5.50. The van der Waals surface area contributed by atoms with Crippen LogP contribution in [0.15, 0.2) is 24.5 Å². The van der Waals surface area contributed by atoms with Gasteiger partial charge in [-0.1, -0.05) is 0 Å². The third-order valence-corrected chi connectivity index (χ3v) is 4.01. The van der Waals surface area contributed by atoms with Crippen LogP contribution in [-0.4, -0.2) is 21.5 Å². The summed E-state index contributed by atoms with van der Waals surface area (Å²) in [5.74, 6) is 1.74. The average Bonchev–Trinajstić information content (AvgIpc) is 2.69. The molecule has 0 saturated carbocycles. The maximum absolute atomic E-state index is 11.9. The maximum atomic E-state index is 11.9. The van der Waals surface area contributed by atoms with Gasteiger partial charge in [0.05, 0.1) is 5.75 Å². The van der Waals surface area contributed by atoms with E-state index in [4.69, 9.17) is 0 Å². The minimum Gasteiger partial charge on any atom is -0.357 e. The Kier molecular flexibility index (Phi) is 2.52. The summed E-state index contributed by atoms with van der Waals surface area (Å²) in [5, 5.41) is 0. The molecule has 0 radical (unpaired) electrons. The second-order valence-electron chi connectivity index (χ2n) is 4.13. The number of pyridine rings is 1. The van der Waals surface area contributed by atoms with Crippen molar-refractivity contribution in [3.05, 3.63) is 41.3 Å². The molecule has 0 bridgehead atoms. The number of carbonyl (C=O) groups is 1. The SMILES string of the molecule is Cc1c(-c2ccncc2)[nH]c2c1C(=O)CSC2. The molecule has 0 atom stereocenters. The van der Waals surface area contributed by atoms with Gasteiger partial charge in [-0.3, -0.25) is 9.78 Å². The van der Waals surface area contributed by atoms with Gasteiger partial charge in [-0.15, -0.1) is 11.8 Å². The van der Waals surface area contributed by atoms with Crippen molar-refractivity contribution in [2.24, 2.45) is 0 Å². The fraction of sp³-hybridized carbons (Fsp3) is 0.231. The van der Waals surface area contributed by atoms with E-state index < -0.39 is 0 Å². The predicted molar refractivity (Wildman–Crippen MR) is 69.3 cm³/mol. The van der Waals surface area contributed by atoms with Gasteiger partial charge in [-0.2, -0.15) is 0 Å². The number of aromatic nitrogens is 2. The number of rotatable bonds is 1. The number of fused-ring (bicyclic) bond motifs is 1. The Morgan fingerprint density at radius 1 is 1.29 bits per heavy atom. The number of H-pyrrole nitrogens is 1. The van der Waals surface area contributed by atoms with E-state index in [0.29, 0.717) is 5.75 Å². The van der Waals surface area contributed by atoms with Crippen LogP contribution in [0.25, 0.3) is 11.3 Å². The van der Waals surface area contributed by atoms with E-state index in [1.165, 1.54) is 0 Å². The van der Waals surface area contributed by atoms with Crippen LogP contribution in [0.1, 0.15) is 21.6 Å². The van der Waals surface area contributed by atoms with Gasteiger partial charge in [0.1, 0.15) is 0 Å². The Hall–Kier alpha value is -1.55. The molecule has 1 N–H and O–H groups in total. The summed E-state index contributed by atoms with van der Waals surface area (Å²) >= 11 is 1.67. The van der Waals surface area contributed by atoms with Gasteiger partial charge < -0.3 is 4.98 Å². The Labute approximate surface area is 104 Å². The lowest BCUT2D eigenvalue weighted by molar-refractivity contribution is 0.102. The molecule has 0 aliphatic carbocycles. The number of Topliss-reactive ketones (excluding diaryl/α,β-unsaturated/α-hetero) is 1. The van der Waals surface area contributed by atoms with Gasteiger partial charge in [-0.25, -0.2) is 0 Å². The van der Waals surface area contributed by atoms with E-state index in [2.05, 4.69) is 9.97 Å². The molecule has 3 rings (SSSR count). The Balaban J connectivity index is 2.17. The average molecular weight is 244 g/mol. The first-order chi connectivity index (χ1) is 8.27. The van der Waals surface area contributed by atoms with Crippen LogP contribution < -0.4 is 0 Å². The second-order valence-corrected chi connectivity index (χ2v) is 5.12. The normalized spacial score (nSPS) is 14.8. The fourth-order valence-electron chi connectivity index (χ4n) is 2.27. The topological polar surface area (TPSA) is 45.8 Å². The van der Waals surface area contributed by atoms with Crippen LogP contribution >= 0.6 is 11.8 Å². The van der Waals surface area contributed by atoms with Gasteiger partial charge in [0.2, 0.25) is 0 Å². The van der Waals surface area contributed by atoms with Crippen molar-refractivity contribution in [2.75, 3.05) is 5.75 Å².